The molecule has 1 aliphatic heterocycles. The standard InChI is InChI=1S/C21H26N6OS/c1-26(21(28)19-14-29-20(23-19)16-12-22-27(2)13-16)10-6-9-17-11-18(25-24-17)15-7-4-3-5-8-15/h3-5,7-8,12-14,17-18,24-25H,6,9-11H2,1-2H3. The topological polar surface area (TPSA) is 75.1 Å². The lowest BCUT2D eigenvalue weighted by atomic mass is 10.00. The Bertz CT molecular complexity index is 953. The quantitative estimate of drug-likeness (QED) is 0.626. The number of aryl methyl sites for hydroxylation is 1. The number of thiazole rings is 1. The summed E-state index contributed by atoms with van der Waals surface area (Å²) in [6.07, 6.45) is 6.70. The van der Waals surface area contributed by atoms with E-state index in [9.17, 15) is 4.79 Å². The molecule has 0 spiro atoms. The first-order valence-electron chi connectivity index (χ1n) is 9.86. The largest absolute Gasteiger partial charge is 0.340 e. The summed E-state index contributed by atoms with van der Waals surface area (Å²) in [7, 11) is 3.71. The Balaban J connectivity index is 1.24. The van der Waals surface area contributed by atoms with Gasteiger partial charge in [-0.25, -0.2) is 4.98 Å². The van der Waals surface area contributed by atoms with Gasteiger partial charge < -0.3 is 4.90 Å². The molecule has 152 valence electrons. The van der Waals surface area contributed by atoms with E-state index in [4.69, 9.17) is 0 Å². The number of hydrogen-bond donors (Lipinski definition) is 2. The number of aromatic nitrogens is 3. The van der Waals surface area contributed by atoms with Gasteiger partial charge in [-0.3, -0.25) is 20.3 Å². The van der Waals surface area contributed by atoms with Crippen LogP contribution in [0.2, 0.25) is 0 Å². The van der Waals surface area contributed by atoms with Crippen LogP contribution in [0.1, 0.15) is 41.4 Å². The zero-order valence-electron chi connectivity index (χ0n) is 16.7. The Labute approximate surface area is 174 Å². The first kappa shape index (κ1) is 19.8. The van der Waals surface area contributed by atoms with E-state index in [0.29, 0.717) is 24.3 Å². The van der Waals surface area contributed by atoms with Crippen LogP contribution in [0.25, 0.3) is 10.6 Å². The predicted octanol–water partition coefficient (Wildman–Crippen LogP) is 3.00. The zero-order chi connectivity index (χ0) is 20.2. The lowest BCUT2D eigenvalue weighted by Crippen LogP contribution is -2.32. The van der Waals surface area contributed by atoms with Gasteiger partial charge in [0, 0.05) is 49.9 Å². The van der Waals surface area contributed by atoms with Crippen LogP contribution < -0.4 is 10.9 Å². The monoisotopic (exact) mass is 410 g/mol. The Morgan fingerprint density at radius 3 is 2.90 bits per heavy atom. The molecule has 0 aliphatic carbocycles. The second-order valence-corrected chi connectivity index (χ2v) is 8.35. The molecule has 1 aliphatic rings. The summed E-state index contributed by atoms with van der Waals surface area (Å²) in [5, 5.41) is 6.81. The molecule has 2 N–H and O–H groups in total. The molecule has 0 saturated carbocycles. The van der Waals surface area contributed by atoms with Gasteiger partial charge in [0.05, 0.1) is 6.20 Å². The lowest BCUT2D eigenvalue weighted by Gasteiger charge is -2.17. The molecule has 3 aromatic rings. The Kier molecular flexibility index (Phi) is 6.03. The fourth-order valence-electron chi connectivity index (χ4n) is 3.62. The molecule has 2 unspecified atom stereocenters. The maximum Gasteiger partial charge on any atom is 0.273 e. The van der Waals surface area contributed by atoms with Gasteiger partial charge in [-0.05, 0) is 24.8 Å². The van der Waals surface area contributed by atoms with Crippen LogP contribution in [0.3, 0.4) is 0 Å². The number of nitrogens with one attached hydrogen (secondary N) is 2. The van der Waals surface area contributed by atoms with Crippen molar-refractivity contribution < 1.29 is 4.79 Å². The number of carbonyl (C=O) groups excluding carboxylic acids is 1. The van der Waals surface area contributed by atoms with E-state index in [-0.39, 0.29) is 5.91 Å². The van der Waals surface area contributed by atoms with Crippen molar-refractivity contribution in [3.8, 4) is 10.6 Å². The summed E-state index contributed by atoms with van der Waals surface area (Å²) < 4.78 is 1.73. The SMILES string of the molecule is CN(CCCC1CC(c2ccccc2)NN1)C(=O)c1csc(-c2cnn(C)c2)n1. The van der Waals surface area contributed by atoms with Gasteiger partial charge in [-0.15, -0.1) is 11.3 Å². The summed E-state index contributed by atoms with van der Waals surface area (Å²) in [5.41, 5.74) is 9.52. The first-order valence-corrected chi connectivity index (χ1v) is 10.7. The van der Waals surface area contributed by atoms with E-state index in [1.807, 2.05) is 31.7 Å². The Hall–Kier alpha value is -2.55. The number of benzene rings is 1. The van der Waals surface area contributed by atoms with E-state index >= 15 is 0 Å². The van der Waals surface area contributed by atoms with Crippen molar-refractivity contribution in [3.63, 3.8) is 0 Å². The van der Waals surface area contributed by atoms with E-state index in [1.54, 1.807) is 15.8 Å². The van der Waals surface area contributed by atoms with Gasteiger partial charge in [0.2, 0.25) is 0 Å². The zero-order valence-corrected chi connectivity index (χ0v) is 17.5. The lowest BCUT2D eigenvalue weighted by molar-refractivity contribution is 0.0787. The van der Waals surface area contributed by atoms with Crippen molar-refractivity contribution in [2.75, 3.05) is 13.6 Å². The van der Waals surface area contributed by atoms with Crippen LogP contribution in [0, 0.1) is 0 Å². The fourth-order valence-corrected chi connectivity index (χ4v) is 4.39. The van der Waals surface area contributed by atoms with Crippen molar-refractivity contribution in [1.82, 2.24) is 30.5 Å². The molecule has 2 atom stereocenters. The molecule has 1 amide bonds. The van der Waals surface area contributed by atoms with Crippen LogP contribution >= 0.6 is 11.3 Å². The summed E-state index contributed by atoms with van der Waals surface area (Å²) >= 11 is 1.47. The highest BCUT2D eigenvalue weighted by atomic mass is 32.1. The maximum absolute atomic E-state index is 12.7. The number of amides is 1. The molecule has 1 fully saturated rings. The second kappa shape index (κ2) is 8.86. The van der Waals surface area contributed by atoms with Gasteiger partial charge in [0.1, 0.15) is 10.7 Å². The molecule has 3 heterocycles. The fraction of sp³-hybridized carbons (Fsp3) is 0.381. The van der Waals surface area contributed by atoms with Crippen molar-refractivity contribution in [1.29, 1.82) is 0 Å². The third-order valence-electron chi connectivity index (χ3n) is 5.25. The molecule has 1 aromatic carbocycles. The van der Waals surface area contributed by atoms with Gasteiger partial charge in [-0.2, -0.15) is 5.10 Å². The van der Waals surface area contributed by atoms with Crippen LogP contribution in [0.4, 0.5) is 0 Å². The molecule has 0 radical (unpaired) electrons. The Morgan fingerprint density at radius 2 is 2.14 bits per heavy atom. The van der Waals surface area contributed by atoms with Crippen molar-refractivity contribution in [2.24, 2.45) is 7.05 Å². The molecular formula is C21H26N6OS. The molecule has 8 heteroatoms. The molecule has 1 saturated heterocycles. The number of hydrogen-bond acceptors (Lipinski definition) is 6. The average molecular weight is 411 g/mol. The maximum atomic E-state index is 12.7. The number of nitrogens with zero attached hydrogens (tertiary/aromatic N) is 4. The second-order valence-electron chi connectivity index (χ2n) is 7.49. The highest BCUT2D eigenvalue weighted by Crippen LogP contribution is 2.25. The minimum atomic E-state index is -0.0314. The normalized spacial score (nSPS) is 18.8. The molecule has 4 rings (SSSR count). The van der Waals surface area contributed by atoms with E-state index in [2.05, 4.69) is 45.2 Å². The van der Waals surface area contributed by atoms with Gasteiger partial charge in [0.25, 0.3) is 5.91 Å². The van der Waals surface area contributed by atoms with Gasteiger partial charge in [0.15, 0.2) is 0 Å². The molecule has 0 bridgehead atoms. The van der Waals surface area contributed by atoms with Crippen LogP contribution in [-0.4, -0.2) is 45.2 Å². The van der Waals surface area contributed by atoms with Crippen molar-refractivity contribution in [2.45, 2.75) is 31.3 Å². The minimum Gasteiger partial charge on any atom is -0.340 e. The summed E-state index contributed by atoms with van der Waals surface area (Å²) in [4.78, 5) is 18.9. The summed E-state index contributed by atoms with van der Waals surface area (Å²) in [5.74, 6) is -0.0314. The minimum absolute atomic E-state index is 0.0314. The van der Waals surface area contributed by atoms with Gasteiger partial charge >= 0.3 is 0 Å². The van der Waals surface area contributed by atoms with E-state index < -0.39 is 0 Å². The number of carbonyl (C=O) groups is 1. The number of hydrazine groups is 1. The highest BCUT2D eigenvalue weighted by molar-refractivity contribution is 7.13. The number of rotatable bonds is 7. The van der Waals surface area contributed by atoms with E-state index in [1.165, 1.54) is 16.9 Å². The Morgan fingerprint density at radius 1 is 1.31 bits per heavy atom. The first-order chi connectivity index (χ1) is 14.1. The molecular weight excluding hydrogens is 384 g/mol. The third kappa shape index (κ3) is 4.72. The highest BCUT2D eigenvalue weighted by Gasteiger charge is 2.24. The summed E-state index contributed by atoms with van der Waals surface area (Å²) in [6, 6.07) is 11.3. The van der Waals surface area contributed by atoms with Crippen molar-refractivity contribution in [3.05, 3.63) is 59.4 Å². The van der Waals surface area contributed by atoms with E-state index in [0.717, 1.165) is 29.8 Å². The van der Waals surface area contributed by atoms with Gasteiger partial charge in [-0.1, -0.05) is 30.3 Å². The average Bonchev–Trinajstić information content (AvgIpc) is 3.48. The van der Waals surface area contributed by atoms with Crippen molar-refractivity contribution >= 4 is 17.2 Å². The van der Waals surface area contributed by atoms with Crippen LogP contribution in [0.15, 0.2) is 48.1 Å². The summed E-state index contributed by atoms with van der Waals surface area (Å²) in [6.45, 7) is 0.715. The van der Waals surface area contributed by atoms with Crippen LogP contribution in [0.5, 0.6) is 0 Å². The predicted molar refractivity (Wildman–Crippen MR) is 114 cm³/mol. The van der Waals surface area contributed by atoms with Crippen LogP contribution in [-0.2, 0) is 7.05 Å². The molecule has 2 aromatic heterocycles. The molecule has 7 nitrogen and oxygen atoms in total. The smallest absolute Gasteiger partial charge is 0.273 e. The third-order valence-corrected chi connectivity index (χ3v) is 6.14. The molecule has 29 heavy (non-hydrogen) atoms.